The molecule has 0 spiro atoms. The summed E-state index contributed by atoms with van der Waals surface area (Å²) in [7, 11) is 0. The summed E-state index contributed by atoms with van der Waals surface area (Å²) in [6.07, 6.45) is 2.12. The minimum Gasteiger partial charge on any atom is -0.396 e. The number of hydrogen-bond acceptors (Lipinski definition) is 3. The first-order chi connectivity index (χ1) is 4.93. The minimum atomic E-state index is 0.268. The SMILES string of the molecule is OCCCCOC1COC1. The number of ether oxygens (including phenoxy) is 2. The Labute approximate surface area is 60.9 Å². The zero-order chi connectivity index (χ0) is 7.23. The summed E-state index contributed by atoms with van der Waals surface area (Å²) in [6, 6.07) is 0. The maximum absolute atomic E-state index is 8.42. The van der Waals surface area contributed by atoms with E-state index in [1.54, 1.807) is 0 Å². The van der Waals surface area contributed by atoms with E-state index in [-0.39, 0.29) is 6.61 Å². The van der Waals surface area contributed by atoms with Crippen LogP contribution in [0, 0.1) is 0 Å². The van der Waals surface area contributed by atoms with E-state index in [2.05, 4.69) is 0 Å². The summed E-state index contributed by atoms with van der Waals surface area (Å²) in [5.41, 5.74) is 0. The molecular weight excluding hydrogens is 132 g/mol. The Hall–Kier alpha value is -0.120. The summed E-state index contributed by atoms with van der Waals surface area (Å²) in [5.74, 6) is 0. The van der Waals surface area contributed by atoms with Crippen LogP contribution in [0.4, 0.5) is 0 Å². The quantitative estimate of drug-likeness (QED) is 0.562. The molecule has 0 aromatic carbocycles. The molecule has 1 fully saturated rings. The Balaban J connectivity index is 1.76. The number of unbranched alkanes of at least 4 members (excludes halogenated alkanes) is 1. The van der Waals surface area contributed by atoms with E-state index in [1.165, 1.54) is 0 Å². The third kappa shape index (κ3) is 2.64. The molecule has 1 rings (SSSR count). The van der Waals surface area contributed by atoms with Gasteiger partial charge in [-0.25, -0.2) is 0 Å². The van der Waals surface area contributed by atoms with Gasteiger partial charge in [0.15, 0.2) is 0 Å². The highest BCUT2D eigenvalue weighted by Gasteiger charge is 2.17. The van der Waals surface area contributed by atoms with Crippen molar-refractivity contribution in [3.05, 3.63) is 0 Å². The largest absolute Gasteiger partial charge is 0.396 e. The zero-order valence-corrected chi connectivity index (χ0v) is 6.08. The van der Waals surface area contributed by atoms with Gasteiger partial charge >= 0.3 is 0 Å². The zero-order valence-electron chi connectivity index (χ0n) is 6.08. The van der Waals surface area contributed by atoms with Gasteiger partial charge in [0.25, 0.3) is 0 Å². The van der Waals surface area contributed by atoms with Crippen LogP contribution in [0.1, 0.15) is 12.8 Å². The summed E-state index contributed by atoms with van der Waals surface area (Å²) >= 11 is 0. The van der Waals surface area contributed by atoms with Crippen molar-refractivity contribution in [3.8, 4) is 0 Å². The fourth-order valence-electron chi connectivity index (χ4n) is 0.774. The fourth-order valence-corrected chi connectivity index (χ4v) is 0.774. The first-order valence-electron chi connectivity index (χ1n) is 3.73. The molecule has 1 aliphatic rings. The van der Waals surface area contributed by atoms with E-state index in [0.29, 0.717) is 6.10 Å². The molecule has 0 bridgehead atoms. The lowest BCUT2D eigenvalue weighted by molar-refractivity contribution is -0.130. The van der Waals surface area contributed by atoms with E-state index in [9.17, 15) is 0 Å². The molecule has 1 N–H and O–H groups in total. The molecule has 0 radical (unpaired) electrons. The minimum absolute atomic E-state index is 0.268. The van der Waals surface area contributed by atoms with E-state index in [4.69, 9.17) is 14.6 Å². The molecule has 10 heavy (non-hydrogen) atoms. The van der Waals surface area contributed by atoms with Gasteiger partial charge in [-0.1, -0.05) is 0 Å². The van der Waals surface area contributed by atoms with E-state index in [1.807, 2.05) is 0 Å². The molecule has 0 unspecified atom stereocenters. The van der Waals surface area contributed by atoms with Crippen molar-refractivity contribution in [2.75, 3.05) is 26.4 Å². The number of aliphatic hydroxyl groups is 1. The third-order valence-electron chi connectivity index (χ3n) is 1.51. The van der Waals surface area contributed by atoms with Crippen LogP contribution in [-0.4, -0.2) is 37.6 Å². The van der Waals surface area contributed by atoms with Gasteiger partial charge in [-0.3, -0.25) is 0 Å². The molecule has 1 aliphatic heterocycles. The Bertz CT molecular complexity index is 80.9. The molecule has 0 atom stereocenters. The molecule has 60 valence electrons. The average Bonchev–Trinajstić information content (AvgIpc) is 1.84. The Kier molecular flexibility index (Phi) is 3.72. The Morgan fingerprint density at radius 2 is 2.20 bits per heavy atom. The molecule has 0 saturated carbocycles. The van der Waals surface area contributed by atoms with Gasteiger partial charge in [-0.15, -0.1) is 0 Å². The van der Waals surface area contributed by atoms with Crippen LogP contribution in [0.2, 0.25) is 0 Å². The van der Waals surface area contributed by atoms with Crippen molar-refractivity contribution in [3.63, 3.8) is 0 Å². The second-order valence-corrected chi connectivity index (χ2v) is 2.46. The Morgan fingerprint density at radius 3 is 2.70 bits per heavy atom. The summed E-state index contributed by atoms with van der Waals surface area (Å²) in [6.45, 7) is 2.53. The van der Waals surface area contributed by atoms with Crippen molar-refractivity contribution in [1.82, 2.24) is 0 Å². The van der Waals surface area contributed by atoms with E-state index >= 15 is 0 Å². The molecule has 3 nitrogen and oxygen atoms in total. The van der Waals surface area contributed by atoms with Gasteiger partial charge in [0.05, 0.1) is 13.2 Å². The number of rotatable bonds is 5. The van der Waals surface area contributed by atoms with Crippen LogP contribution in [0.5, 0.6) is 0 Å². The van der Waals surface area contributed by atoms with Gasteiger partial charge in [0.1, 0.15) is 6.10 Å². The molecule has 1 saturated heterocycles. The smallest absolute Gasteiger partial charge is 0.104 e. The normalized spacial score (nSPS) is 18.9. The third-order valence-corrected chi connectivity index (χ3v) is 1.51. The van der Waals surface area contributed by atoms with Crippen LogP contribution in [0.3, 0.4) is 0 Å². The van der Waals surface area contributed by atoms with Crippen LogP contribution in [0.15, 0.2) is 0 Å². The van der Waals surface area contributed by atoms with Gasteiger partial charge in [-0.05, 0) is 12.8 Å². The average molecular weight is 146 g/mol. The van der Waals surface area contributed by atoms with Crippen molar-refractivity contribution >= 4 is 0 Å². The topological polar surface area (TPSA) is 38.7 Å². The number of hydrogen-bond donors (Lipinski definition) is 1. The highest BCUT2D eigenvalue weighted by atomic mass is 16.6. The van der Waals surface area contributed by atoms with Gasteiger partial charge < -0.3 is 14.6 Å². The van der Waals surface area contributed by atoms with E-state index < -0.39 is 0 Å². The molecule has 0 aromatic heterocycles. The molecule has 0 aromatic rings. The summed E-state index contributed by atoms with van der Waals surface area (Å²) in [5, 5.41) is 8.42. The number of aliphatic hydroxyl groups excluding tert-OH is 1. The van der Waals surface area contributed by atoms with Crippen molar-refractivity contribution < 1.29 is 14.6 Å². The van der Waals surface area contributed by atoms with Crippen LogP contribution >= 0.6 is 0 Å². The van der Waals surface area contributed by atoms with Gasteiger partial charge in [0, 0.05) is 13.2 Å². The summed E-state index contributed by atoms with van der Waals surface area (Å²) in [4.78, 5) is 0. The lowest BCUT2D eigenvalue weighted by Gasteiger charge is -2.25. The fraction of sp³-hybridized carbons (Fsp3) is 1.00. The predicted octanol–water partition coefficient (Wildman–Crippen LogP) is 0.174. The van der Waals surface area contributed by atoms with Crippen molar-refractivity contribution in [2.45, 2.75) is 18.9 Å². The van der Waals surface area contributed by atoms with Crippen LogP contribution < -0.4 is 0 Å². The lowest BCUT2D eigenvalue weighted by Crippen LogP contribution is -2.36. The highest BCUT2D eigenvalue weighted by molar-refractivity contribution is 4.63. The molecule has 1 heterocycles. The lowest BCUT2D eigenvalue weighted by atomic mass is 10.3. The highest BCUT2D eigenvalue weighted by Crippen LogP contribution is 2.05. The predicted molar refractivity (Wildman–Crippen MR) is 36.9 cm³/mol. The molecule has 0 aliphatic carbocycles. The maximum Gasteiger partial charge on any atom is 0.104 e. The van der Waals surface area contributed by atoms with Gasteiger partial charge in [-0.2, -0.15) is 0 Å². The van der Waals surface area contributed by atoms with Crippen LogP contribution in [0.25, 0.3) is 0 Å². The maximum atomic E-state index is 8.42. The van der Waals surface area contributed by atoms with E-state index in [0.717, 1.165) is 32.7 Å². The summed E-state index contributed by atoms with van der Waals surface area (Å²) < 4.78 is 10.3. The van der Waals surface area contributed by atoms with Crippen molar-refractivity contribution in [1.29, 1.82) is 0 Å². The first-order valence-corrected chi connectivity index (χ1v) is 3.73. The molecular formula is C7H14O3. The van der Waals surface area contributed by atoms with Crippen molar-refractivity contribution in [2.24, 2.45) is 0 Å². The first kappa shape index (κ1) is 7.98. The van der Waals surface area contributed by atoms with Gasteiger partial charge in [0.2, 0.25) is 0 Å². The monoisotopic (exact) mass is 146 g/mol. The molecule has 3 heteroatoms. The standard InChI is InChI=1S/C7H14O3/c8-3-1-2-4-10-7-5-9-6-7/h7-8H,1-6H2. The second kappa shape index (κ2) is 4.66. The van der Waals surface area contributed by atoms with Crippen LogP contribution in [-0.2, 0) is 9.47 Å². The second-order valence-electron chi connectivity index (χ2n) is 2.46. The Morgan fingerprint density at radius 1 is 1.40 bits per heavy atom. The molecule has 0 amide bonds.